The Morgan fingerprint density at radius 2 is 2.03 bits per heavy atom. The highest BCUT2D eigenvalue weighted by Crippen LogP contribution is 2.22. The Kier molecular flexibility index (Phi) is 9.07. The number of esters is 1. The molecule has 0 atom stereocenters. The Morgan fingerprint density at radius 3 is 2.79 bits per heavy atom. The second kappa shape index (κ2) is 12.2. The number of carbonyl (C=O) groups excluding carboxylic acids is 2. The highest BCUT2D eigenvalue weighted by Gasteiger charge is 2.15. The number of hydrogen-bond acceptors (Lipinski definition) is 10. The lowest BCUT2D eigenvalue weighted by molar-refractivity contribution is -0.142. The lowest BCUT2D eigenvalue weighted by Gasteiger charge is -2.09. The van der Waals surface area contributed by atoms with Crippen molar-refractivity contribution in [2.24, 2.45) is 0 Å². The Bertz CT molecular complexity index is 1080. The molecular formula is C21H25N5O5S2. The van der Waals surface area contributed by atoms with Crippen molar-refractivity contribution in [1.29, 1.82) is 0 Å². The van der Waals surface area contributed by atoms with E-state index in [1.165, 1.54) is 23.1 Å². The number of nitrogens with zero attached hydrogens (tertiary/aromatic N) is 4. The van der Waals surface area contributed by atoms with Gasteiger partial charge in [-0.1, -0.05) is 17.8 Å². The summed E-state index contributed by atoms with van der Waals surface area (Å²) < 4.78 is 17.8. The number of carbonyl (C=O) groups is 2. The van der Waals surface area contributed by atoms with Crippen molar-refractivity contribution in [3.63, 3.8) is 0 Å². The van der Waals surface area contributed by atoms with Crippen LogP contribution in [0.1, 0.15) is 25.4 Å². The van der Waals surface area contributed by atoms with Crippen LogP contribution in [0.5, 0.6) is 11.5 Å². The van der Waals surface area contributed by atoms with E-state index in [2.05, 4.69) is 20.5 Å². The zero-order chi connectivity index (χ0) is 23.6. The zero-order valence-corrected chi connectivity index (χ0v) is 20.2. The van der Waals surface area contributed by atoms with Gasteiger partial charge in [-0.3, -0.25) is 9.59 Å². The van der Waals surface area contributed by atoms with Crippen LogP contribution in [0.25, 0.3) is 0 Å². The average Bonchev–Trinajstić information content (AvgIpc) is 3.42. The van der Waals surface area contributed by atoms with Crippen LogP contribution in [-0.2, 0) is 33.9 Å². The number of rotatable bonds is 12. The number of thiazole rings is 1. The van der Waals surface area contributed by atoms with Crippen molar-refractivity contribution < 1.29 is 23.8 Å². The third kappa shape index (κ3) is 7.19. The summed E-state index contributed by atoms with van der Waals surface area (Å²) in [6.45, 7) is 4.92. The summed E-state index contributed by atoms with van der Waals surface area (Å²) in [5, 5.41) is 13.9. The molecule has 0 saturated heterocycles. The molecule has 3 rings (SSSR count). The molecule has 0 bridgehead atoms. The third-order valence-corrected chi connectivity index (χ3v) is 6.05. The van der Waals surface area contributed by atoms with E-state index in [9.17, 15) is 9.59 Å². The number of methoxy groups -OCH3 is 1. The Morgan fingerprint density at radius 1 is 1.21 bits per heavy atom. The fourth-order valence-electron chi connectivity index (χ4n) is 2.78. The molecular weight excluding hydrogens is 466 g/mol. The SMILES string of the molecule is CCOC(=O)Cc1csc(NC(=O)CSc2nnc(COc3cccc(OC)c3)n2CC)n1. The summed E-state index contributed by atoms with van der Waals surface area (Å²) in [5.74, 6) is 1.60. The molecule has 0 fully saturated rings. The van der Waals surface area contributed by atoms with Crippen molar-refractivity contribution in [1.82, 2.24) is 19.7 Å². The van der Waals surface area contributed by atoms with Crippen LogP contribution in [0.3, 0.4) is 0 Å². The fraction of sp³-hybridized carbons (Fsp3) is 0.381. The zero-order valence-electron chi connectivity index (χ0n) is 18.6. The van der Waals surface area contributed by atoms with Crippen LogP contribution >= 0.6 is 23.1 Å². The molecule has 2 aromatic heterocycles. The van der Waals surface area contributed by atoms with Crippen LogP contribution < -0.4 is 14.8 Å². The van der Waals surface area contributed by atoms with Gasteiger partial charge in [-0.25, -0.2) is 4.98 Å². The van der Waals surface area contributed by atoms with Gasteiger partial charge in [0, 0.05) is 18.0 Å². The molecule has 0 saturated carbocycles. The number of benzene rings is 1. The van der Waals surface area contributed by atoms with Crippen molar-refractivity contribution in [3.05, 3.63) is 41.2 Å². The summed E-state index contributed by atoms with van der Waals surface area (Å²) in [6, 6.07) is 7.32. The van der Waals surface area contributed by atoms with Gasteiger partial charge in [-0.15, -0.1) is 21.5 Å². The van der Waals surface area contributed by atoms with E-state index in [1.54, 1.807) is 25.5 Å². The van der Waals surface area contributed by atoms with Gasteiger partial charge in [0.1, 0.15) is 18.1 Å². The highest BCUT2D eigenvalue weighted by atomic mass is 32.2. The van der Waals surface area contributed by atoms with Gasteiger partial charge in [0.25, 0.3) is 0 Å². The molecule has 176 valence electrons. The van der Waals surface area contributed by atoms with E-state index < -0.39 is 0 Å². The van der Waals surface area contributed by atoms with E-state index in [4.69, 9.17) is 14.2 Å². The second-order valence-corrected chi connectivity index (χ2v) is 8.37. The predicted octanol–water partition coefficient (Wildman–Crippen LogP) is 3.18. The van der Waals surface area contributed by atoms with Gasteiger partial charge in [0.15, 0.2) is 16.1 Å². The first-order valence-corrected chi connectivity index (χ1v) is 12.1. The van der Waals surface area contributed by atoms with Crippen molar-refractivity contribution in [3.8, 4) is 11.5 Å². The molecule has 10 nitrogen and oxygen atoms in total. The van der Waals surface area contributed by atoms with E-state index in [0.29, 0.717) is 46.5 Å². The molecule has 1 aromatic carbocycles. The minimum absolute atomic E-state index is 0.0785. The van der Waals surface area contributed by atoms with E-state index in [1.807, 2.05) is 29.7 Å². The minimum atomic E-state index is -0.346. The number of nitrogens with one attached hydrogen (secondary N) is 1. The van der Waals surface area contributed by atoms with Gasteiger partial charge < -0.3 is 24.1 Å². The first-order chi connectivity index (χ1) is 16.0. The molecule has 0 aliphatic carbocycles. The van der Waals surface area contributed by atoms with E-state index >= 15 is 0 Å². The van der Waals surface area contributed by atoms with Gasteiger partial charge in [-0.2, -0.15) is 0 Å². The molecule has 0 aliphatic rings. The minimum Gasteiger partial charge on any atom is -0.497 e. The number of anilines is 1. The molecule has 1 N–H and O–H groups in total. The molecule has 0 spiro atoms. The van der Waals surface area contributed by atoms with E-state index in [0.717, 1.165) is 0 Å². The summed E-state index contributed by atoms with van der Waals surface area (Å²) in [4.78, 5) is 28.1. The number of aromatic nitrogens is 4. The molecule has 0 aliphatic heterocycles. The Hall–Kier alpha value is -3.12. The lowest BCUT2D eigenvalue weighted by Crippen LogP contribution is -2.15. The highest BCUT2D eigenvalue weighted by molar-refractivity contribution is 7.99. The standard InChI is InChI=1S/C21H25N5O5S2/c1-4-26-17(11-31-16-8-6-7-15(10-16)29-3)24-25-21(26)33-13-18(27)23-20-22-14(12-32-20)9-19(28)30-5-2/h6-8,10,12H,4-5,9,11,13H2,1-3H3,(H,22,23,27). The number of amides is 1. The predicted molar refractivity (Wildman–Crippen MR) is 125 cm³/mol. The summed E-state index contributed by atoms with van der Waals surface area (Å²) in [6.07, 6.45) is 0.0785. The summed E-state index contributed by atoms with van der Waals surface area (Å²) in [5.41, 5.74) is 0.563. The first-order valence-electron chi connectivity index (χ1n) is 10.2. The van der Waals surface area contributed by atoms with Crippen molar-refractivity contribution >= 4 is 40.1 Å². The Balaban J connectivity index is 1.51. The topological polar surface area (TPSA) is 117 Å². The monoisotopic (exact) mass is 491 g/mol. The summed E-state index contributed by atoms with van der Waals surface area (Å²) >= 11 is 2.54. The molecule has 33 heavy (non-hydrogen) atoms. The van der Waals surface area contributed by atoms with Gasteiger partial charge in [0.05, 0.1) is 31.6 Å². The van der Waals surface area contributed by atoms with Crippen LogP contribution in [-0.4, -0.2) is 51.1 Å². The van der Waals surface area contributed by atoms with Crippen LogP contribution in [0.2, 0.25) is 0 Å². The van der Waals surface area contributed by atoms with Crippen LogP contribution in [0, 0.1) is 0 Å². The quantitative estimate of drug-likeness (QED) is 0.301. The average molecular weight is 492 g/mol. The molecule has 0 radical (unpaired) electrons. The molecule has 3 aromatic rings. The van der Waals surface area contributed by atoms with E-state index in [-0.39, 0.29) is 30.7 Å². The molecule has 12 heteroatoms. The number of hydrogen-bond donors (Lipinski definition) is 1. The largest absolute Gasteiger partial charge is 0.497 e. The number of thioether (sulfide) groups is 1. The maximum Gasteiger partial charge on any atom is 0.311 e. The van der Waals surface area contributed by atoms with Crippen molar-refractivity contribution in [2.75, 3.05) is 24.8 Å². The van der Waals surface area contributed by atoms with Crippen LogP contribution in [0.4, 0.5) is 5.13 Å². The molecule has 0 unspecified atom stereocenters. The van der Waals surface area contributed by atoms with Gasteiger partial charge >= 0.3 is 5.97 Å². The molecule has 1 amide bonds. The third-order valence-electron chi connectivity index (χ3n) is 4.28. The maximum absolute atomic E-state index is 12.3. The Labute approximate surface area is 199 Å². The van der Waals surface area contributed by atoms with Gasteiger partial charge in [0.2, 0.25) is 5.91 Å². The molecule has 2 heterocycles. The fourth-order valence-corrected chi connectivity index (χ4v) is 4.33. The van der Waals surface area contributed by atoms with Gasteiger partial charge in [-0.05, 0) is 26.0 Å². The normalized spacial score (nSPS) is 10.6. The van der Waals surface area contributed by atoms with Crippen LogP contribution in [0.15, 0.2) is 34.8 Å². The lowest BCUT2D eigenvalue weighted by atomic mass is 10.3. The van der Waals surface area contributed by atoms with Crippen molar-refractivity contribution in [2.45, 2.75) is 38.6 Å². The second-order valence-electron chi connectivity index (χ2n) is 6.57. The number of ether oxygens (including phenoxy) is 3. The first kappa shape index (κ1) is 24.5. The summed E-state index contributed by atoms with van der Waals surface area (Å²) in [7, 11) is 1.60. The maximum atomic E-state index is 12.3. The smallest absolute Gasteiger partial charge is 0.311 e.